The standard InChI is InChI=1S/C20H28N6OS/c1-14(12-26-6-4-5-22-26)11-21-19-18-15(2)16(3)28-20(18)24-17(23-19)13-25-7-9-27-10-8-25/h4-6,14H,7-13H2,1-3H3,(H,21,23,24). The van der Waals surface area contributed by atoms with Crippen LogP contribution in [-0.4, -0.2) is 57.5 Å². The van der Waals surface area contributed by atoms with E-state index in [0.717, 1.165) is 62.4 Å². The van der Waals surface area contributed by atoms with Crippen LogP contribution in [0.15, 0.2) is 18.5 Å². The van der Waals surface area contributed by atoms with Crippen LogP contribution in [0.2, 0.25) is 0 Å². The highest BCUT2D eigenvalue weighted by Gasteiger charge is 2.18. The predicted octanol–water partition coefficient (Wildman–Crippen LogP) is 3.09. The third kappa shape index (κ3) is 4.34. The molecule has 28 heavy (non-hydrogen) atoms. The van der Waals surface area contributed by atoms with Gasteiger partial charge in [-0.1, -0.05) is 6.92 Å². The Labute approximate surface area is 169 Å². The van der Waals surface area contributed by atoms with Gasteiger partial charge in [0.25, 0.3) is 0 Å². The summed E-state index contributed by atoms with van der Waals surface area (Å²) in [5.41, 5.74) is 1.28. The molecule has 0 spiro atoms. The second kappa shape index (κ2) is 8.55. The lowest BCUT2D eigenvalue weighted by atomic mass is 10.1. The lowest BCUT2D eigenvalue weighted by Crippen LogP contribution is -2.36. The maximum atomic E-state index is 5.46. The number of thiophene rings is 1. The van der Waals surface area contributed by atoms with Crippen LogP contribution < -0.4 is 5.32 Å². The zero-order valence-corrected chi connectivity index (χ0v) is 17.6. The molecule has 4 heterocycles. The molecule has 0 amide bonds. The summed E-state index contributed by atoms with van der Waals surface area (Å²) in [7, 11) is 0. The summed E-state index contributed by atoms with van der Waals surface area (Å²) in [6.07, 6.45) is 3.83. The van der Waals surface area contributed by atoms with E-state index in [4.69, 9.17) is 14.7 Å². The van der Waals surface area contributed by atoms with Crippen molar-refractivity contribution in [1.29, 1.82) is 0 Å². The molecule has 1 aliphatic rings. The molecule has 0 aromatic carbocycles. The first-order chi connectivity index (χ1) is 13.6. The molecule has 150 valence electrons. The molecule has 0 saturated carbocycles. The van der Waals surface area contributed by atoms with E-state index in [0.29, 0.717) is 5.92 Å². The van der Waals surface area contributed by atoms with Crippen molar-refractivity contribution in [2.75, 3.05) is 38.2 Å². The maximum absolute atomic E-state index is 5.46. The minimum atomic E-state index is 0.438. The van der Waals surface area contributed by atoms with Gasteiger partial charge in [0.1, 0.15) is 16.5 Å². The number of aryl methyl sites for hydroxylation is 2. The summed E-state index contributed by atoms with van der Waals surface area (Å²) >= 11 is 1.76. The number of nitrogens with one attached hydrogen (secondary N) is 1. The molecule has 1 aliphatic heterocycles. The van der Waals surface area contributed by atoms with Crippen LogP contribution in [0.4, 0.5) is 5.82 Å². The minimum absolute atomic E-state index is 0.438. The number of hydrogen-bond acceptors (Lipinski definition) is 7. The third-order valence-corrected chi connectivity index (χ3v) is 6.32. The Hall–Kier alpha value is -2.03. The highest BCUT2D eigenvalue weighted by molar-refractivity contribution is 7.18. The highest BCUT2D eigenvalue weighted by atomic mass is 32.1. The molecule has 8 heteroatoms. The van der Waals surface area contributed by atoms with Crippen molar-refractivity contribution in [2.24, 2.45) is 5.92 Å². The normalized spacial score (nSPS) is 16.5. The van der Waals surface area contributed by atoms with Crippen molar-refractivity contribution in [3.05, 3.63) is 34.7 Å². The van der Waals surface area contributed by atoms with Crippen LogP contribution in [-0.2, 0) is 17.8 Å². The van der Waals surface area contributed by atoms with Crippen LogP contribution in [0.3, 0.4) is 0 Å². The monoisotopic (exact) mass is 400 g/mol. The van der Waals surface area contributed by atoms with Gasteiger partial charge < -0.3 is 10.1 Å². The largest absolute Gasteiger partial charge is 0.379 e. The minimum Gasteiger partial charge on any atom is -0.379 e. The summed E-state index contributed by atoms with van der Waals surface area (Å²) in [6, 6.07) is 1.96. The molecule has 1 saturated heterocycles. The number of fused-ring (bicyclic) bond motifs is 1. The van der Waals surface area contributed by atoms with Gasteiger partial charge in [-0.25, -0.2) is 9.97 Å². The highest BCUT2D eigenvalue weighted by Crippen LogP contribution is 2.33. The molecule has 0 radical (unpaired) electrons. The van der Waals surface area contributed by atoms with Crippen molar-refractivity contribution in [1.82, 2.24) is 24.6 Å². The lowest BCUT2D eigenvalue weighted by Gasteiger charge is -2.26. The van der Waals surface area contributed by atoms with Gasteiger partial charge >= 0.3 is 0 Å². The van der Waals surface area contributed by atoms with E-state index in [2.05, 4.69) is 36.1 Å². The fourth-order valence-corrected chi connectivity index (χ4v) is 4.56. The number of morpholine rings is 1. The molecule has 1 N–H and O–H groups in total. The average molecular weight is 401 g/mol. The summed E-state index contributed by atoms with van der Waals surface area (Å²) < 4.78 is 7.44. The van der Waals surface area contributed by atoms with Gasteiger partial charge in [0.05, 0.1) is 25.1 Å². The van der Waals surface area contributed by atoms with Gasteiger partial charge in [0.15, 0.2) is 0 Å². The fraction of sp³-hybridized carbons (Fsp3) is 0.550. The average Bonchev–Trinajstić information content (AvgIpc) is 3.29. The van der Waals surface area contributed by atoms with Gasteiger partial charge in [0, 0.05) is 43.4 Å². The summed E-state index contributed by atoms with van der Waals surface area (Å²) in [5.74, 6) is 2.29. The first-order valence-electron chi connectivity index (χ1n) is 9.88. The zero-order chi connectivity index (χ0) is 19.5. The number of hydrogen-bond donors (Lipinski definition) is 1. The summed E-state index contributed by atoms with van der Waals surface area (Å²) in [4.78, 5) is 14.5. The first-order valence-corrected chi connectivity index (χ1v) is 10.7. The molecule has 0 aliphatic carbocycles. The quantitative estimate of drug-likeness (QED) is 0.657. The Kier molecular flexibility index (Phi) is 5.89. The van der Waals surface area contributed by atoms with Crippen LogP contribution >= 0.6 is 11.3 Å². The second-order valence-corrected chi connectivity index (χ2v) is 8.76. The van der Waals surface area contributed by atoms with Gasteiger partial charge in [0.2, 0.25) is 0 Å². The maximum Gasteiger partial charge on any atom is 0.146 e. The number of aromatic nitrogens is 4. The molecular weight excluding hydrogens is 372 g/mol. The van der Waals surface area contributed by atoms with Gasteiger partial charge in [-0.2, -0.15) is 5.10 Å². The van der Waals surface area contributed by atoms with Crippen molar-refractivity contribution >= 4 is 27.4 Å². The smallest absolute Gasteiger partial charge is 0.146 e. The Morgan fingerprint density at radius 1 is 1.25 bits per heavy atom. The van der Waals surface area contributed by atoms with E-state index in [-0.39, 0.29) is 0 Å². The molecule has 0 bridgehead atoms. The third-order valence-electron chi connectivity index (χ3n) is 5.22. The number of nitrogens with zero attached hydrogens (tertiary/aromatic N) is 5. The van der Waals surface area contributed by atoms with Crippen LogP contribution in [0.25, 0.3) is 10.2 Å². The fourth-order valence-electron chi connectivity index (χ4n) is 3.51. The Balaban J connectivity index is 1.53. The summed E-state index contributed by atoms with van der Waals surface area (Å²) in [6.45, 7) is 12.5. The Bertz CT molecular complexity index is 917. The van der Waals surface area contributed by atoms with E-state index in [9.17, 15) is 0 Å². The Morgan fingerprint density at radius 3 is 2.82 bits per heavy atom. The van der Waals surface area contributed by atoms with Gasteiger partial charge in [-0.05, 0) is 31.4 Å². The zero-order valence-electron chi connectivity index (χ0n) is 16.8. The molecule has 4 rings (SSSR count). The first kappa shape index (κ1) is 19.3. The molecule has 7 nitrogen and oxygen atoms in total. The van der Waals surface area contributed by atoms with Crippen LogP contribution in [0.5, 0.6) is 0 Å². The Morgan fingerprint density at radius 2 is 2.07 bits per heavy atom. The predicted molar refractivity (Wildman–Crippen MR) is 113 cm³/mol. The van der Waals surface area contributed by atoms with E-state index in [1.807, 2.05) is 23.1 Å². The molecule has 3 aromatic heterocycles. The second-order valence-electron chi connectivity index (χ2n) is 7.55. The van der Waals surface area contributed by atoms with Crippen molar-refractivity contribution in [3.8, 4) is 0 Å². The molecule has 3 aromatic rings. The molecule has 1 atom stereocenters. The van der Waals surface area contributed by atoms with Crippen molar-refractivity contribution < 1.29 is 4.74 Å². The van der Waals surface area contributed by atoms with Crippen molar-refractivity contribution in [2.45, 2.75) is 33.9 Å². The van der Waals surface area contributed by atoms with Gasteiger partial charge in [-0.3, -0.25) is 9.58 Å². The van der Waals surface area contributed by atoms with Crippen LogP contribution in [0, 0.1) is 19.8 Å². The van der Waals surface area contributed by atoms with Crippen LogP contribution in [0.1, 0.15) is 23.2 Å². The van der Waals surface area contributed by atoms with E-state index in [1.54, 1.807) is 11.3 Å². The molecule has 1 unspecified atom stereocenters. The number of anilines is 1. The number of ether oxygens (including phenoxy) is 1. The van der Waals surface area contributed by atoms with E-state index < -0.39 is 0 Å². The lowest BCUT2D eigenvalue weighted by molar-refractivity contribution is 0.0331. The van der Waals surface area contributed by atoms with Crippen molar-refractivity contribution in [3.63, 3.8) is 0 Å². The topological polar surface area (TPSA) is 68.1 Å². The number of rotatable bonds is 7. The summed E-state index contributed by atoms with van der Waals surface area (Å²) in [5, 5.41) is 9.08. The molecule has 1 fully saturated rings. The van der Waals surface area contributed by atoms with Gasteiger partial charge in [-0.15, -0.1) is 11.3 Å². The van der Waals surface area contributed by atoms with E-state index in [1.165, 1.54) is 15.8 Å². The molecular formula is C20H28N6OS. The SMILES string of the molecule is Cc1sc2nc(CN3CCOCC3)nc(NCC(C)Cn3cccn3)c2c1C. The van der Waals surface area contributed by atoms with E-state index >= 15 is 0 Å².